The lowest BCUT2D eigenvalue weighted by Crippen LogP contribution is -2.28. The van der Waals surface area contributed by atoms with Crippen LogP contribution in [0.2, 0.25) is 0 Å². The molecule has 88 valence electrons. The highest BCUT2D eigenvalue weighted by Crippen LogP contribution is 2.35. The number of rotatable bonds is 3. The van der Waals surface area contributed by atoms with Crippen LogP contribution in [0.25, 0.3) is 0 Å². The Balaban J connectivity index is 2.18. The van der Waals surface area contributed by atoms with Crippen LogP contribution >= 0.6 is 15.9 Å². The minimum absolute atomic E-state index is 0.399. The molecule has 0 radical (unpaired) electrons. The van der Waals surface area contributed by atoms with Gasteiger partial charge in [0.2, 0.25) is 0 Å². The summed E-state index contributed by atoms with van der Waals surface area (Å²) in [4.78, 5) is 4.52. The Labute approximate surface area is 106 Å². The van der Waals surface area contributed by atoms with Gasteiger partial charge in [-0.05, 0) is 53.9 Å². The van der Waals surface area contributed by atoms with Crippen molar-refractivity contribution in [3.8, 4) is 0 Å². The van der Waals surface area contributed by atoms with Crippen LogP contribution in [0.5, 0.6) is 0 Å². The van der Waals surface area contributed by atoms with Crippen LogP contribution in [-0.2, 0) is 0 Å². The Morgan fingerprint density at radius 1 is 1.38 bits per heavy atom. The molecule has 0 amide bonds. The second kappa shape index (κ2) is 5.78. The third-order valence-corrected chi connectivity index (χ3v) is 4.18. The first-order valence-electron chi connectivity index (χ1n) is 6.10. The zero-order chi connectivity index (χ0) is 11.4. The van der Waals surface area contributed by atoms with Gasteiger partial charge in [0.1, 0.15) is 0 Å². The molecule has 0 aromatic carbocycles. The predicted molar refractivity (Wildman–Crippen MR) is 70.3 cm³/mol. The standard InChI is InChI=1S/C13H19BrN2/c1-15-12(10-6-3-2-4-7-10)13-11(14)8-5-9-16-13/h5,8-10,12,15H,2-4,6-7H2,1H3. The molecule has 0 bridgehead atoms. The van der Waals surface area contributed by atoms with Gasteiger partial charge < -0.3 is 5.32 Å². The van der Waals surface area contributed by atoms with Gasteiger partial charge >= 0.3 is 0 Å². The van der Waals surface area contributed by atoms with Gasteiger partial charge in [-0.3, -0.25) is 4.98 Å². The van der Waals surface area contributed by atoms with Gasteiger partial charge in [0, 0.05) is 10.7 Å². The SMILES string of the molecule is CNC(c1ncccc1Br)C1CCCCC1. The third-order valence-electron chi connectivity index (χ3n) is 3.51. The lowest BCUT2D eigenvalue weighted by molar-refractivity contribution is 0.277. The Kier molecular flexibility index (Phi) is 4.36. The highest BCUT2D eigenvalue weighted by atomic mass is 79.9. The molecule has 3 heteroatoms. The highest BCUT2D eigenvalue weighted by molar-refractivity contribution is 9.10. The summed E-state index contributed by atoms with van der Waals surface area (Å²) in [5.74, 6) is 0.741. The summed E-state index contributed by atoms with van der Waals surface area (Å²) in [6.45, 7) is 0. The van der Waals surface area contributed by atoms with Crippen molar-refractivity contribution in [2.24, 2.45) is 5.92 Å². The fraction of sp³-hybridized carbons (Fsp3) is 0.615. The van der Waals surface area contributed by atoms with Crippen molar-refractivity contribution in [1.82, 2.24) is 10.3 Å². The summed E-state index contributed by atoms with van der Waals surface area (Å²) >= 11 is 3.60. The summed E-state index contributed by atoms with van der Waals surface area (Å²) in [5.41, 5.74) is 1.16. The zero-order valence-corrected chi connectivity index (χ0v) is 11.3. The molecule has 1 aliphatic carbocycles. The topological polar surface area (TPSA) is 24.9 Å². The van der Waals surface area contributed by atoms with Gasteiger partial charge in [0.05, 0.1) is 11.7 Å². The molecule has 1 heterocycles. The first-order valence-corrected chi connectivity index (χ1v) is 6.90. The van der Waals surface area contributed by atoms with Crippen molar-refractivity contribution in [3.05, 3.63) is 28.5 Å². The summed E-state index contributed by atoms with van der Waals surface area (Å²) in [5, 5.41) is 3.44. The van der Waals surface area contributed by atoms with Crippen molar-refractivity contribution in [1.29, 1.82) is 0 Å². The molecular weight excluding hydrogens is 264 g/mol. The van der Waals surface area contributed by atoms with E-state index in [4.69, 9.17) is 0 Å². The van der Waals surface area contributed by atoms with Crippen LogP contribution in [0.3, 0.4) is 0 Å². The van der Waals surface area contributed by atoms with Crippen molar-refractivity contribution in [2.75, 3.05) is 7.05 Å². The molecule has 1 fully saturated rings. The van der Waals surface area contributed by atoms with E-state index in [0.717, 1.165) is 16.1 Å². The predicted octanol–water partition coefficient (Wildman–Crippen LogP) is 3.68. The van der Waals surface area contributed by atoms with Crippen molar-refractivity contribution in [3.63, 3.8) is 0 Å². The Hall–Kier alpha value is -0.410. The number of hydrogen-bond acceptors (Lipinski definition) is 2. The van der Waals surface area contributed by atoms with Crippen LogP contribution in [0, 0.1) is 5.92 Å². The van der Waals surface area contributed by atoms with Gasteiger partial charge in [-0.1, -0.05) is 19.3 Å². The van der Waals surface area contributed by atoms with E-state index >= 15 is 0 Å². The van der Waals surface area contributed by atoms with E-state index in [1.54, 1.807) is 0 Å². The highest BCUT2D eigenvalue weighted by Gasteiger charge is 2.25. The third kappa shape index (κ3) is 2.64. The summed E-state index contributed by atoms with van der Waals surface area (Å²) in [6, 6.07) is 4.45. The Morgan fingerprint density at radius 3 is 2.75 bits per heavy atom. The lowest BCUT2D eigenvalue weighted by atomic mass is 9.82. The quantitative estimate of drug-likeness (QED) is 0.915. The van der Waals surface area contributed by atoms with Crippen molar-refractivity contribution >= 4 is 15.9 Å². The van der Waals surface area contributed by atoms with Crippen LogP contribution in [0.4, 0.5) is 0 Å². The first-order chi connectivity index (χ1) is 7.83. The van der Waals surface area contributed by atoms with Gasteiger partial charge in [-0.25, -0.2) is 0 Å². The van der Waals surface area contributed by atoms with Gasteiger partial charge in [0.15, 0.2) is 0 Å². The largest absolute Gasteiger partial charge is 0.311 e. The second-order valence-corrected chi connectivity index (χ2v) is 5.39. The minimum atomic E-state index is 0.399. The van der Waals surface area contributed by atoms with Crippen LogP contribution in [0.1, 0.15) is 43.8 Å². The monoisotopic (exact) mass is 282 g/mol. The van der Waals surface area contributed by atoms with E-state index in [9.17, 15) is 0 Å². The number of nitrogens with one attached hydrogen (secondary N) is 1. The summed E-state index contributed by atoms with van der Waals surface area (Å²) in [6.07, 6.45) is 8.67. The molecule has 1 atom stereocenters. The summed E-state index contributed by atoms with van der Waals surface area (Å²) in [7, 11) is 2.04. The number of hydrogen-bond donors (Lipinski definition) is 1. The molecule has 1 aromatic rings. The molecule has 1 unspecified atom stereocenters. The molecule has 1 aliphatic rings. The molecule has 16 heavy (non-hydrogen) atoms. The van der Waals surface area contributed by atoms with Gasteiger partial charge in [-0.15, -0.1) is 0 Å². The maximum atomic E-state index is 4.52. The number of nitrogens with zero attached hydrogens (tertiary/aromatic N) is 1. The van der Waals surface area contributed by atoms with Crippen LogP contribution in [-0.4, -0.2) is 12.0 Å². The van der Waals surface area contributed by atoms with E-state index in [1.165, 1.54) is 32.1 Å². The van der Waals surface area contributed by atoms with E-state index < -0.39 is 0 Å². The normalized spacial score (nSPS) is 19.6. The number of aromatic nitrogens is 1. The second-order valence-electron chi connectivity index (χ2n) is 4.53. The smallest absolute Gasteiger partial charge is 0.0717 e. The van der Waals surface area contributed by atoms with Crippen molar-refractivity contribution < 1.29 is 0 Å². The maximum Gasteiger partial charge on any atom is 0.0717 e. The fourth-order valence-electron chi connectivity index (χ4n) is 2.69. The van der Waals surface area contributed by atoms with Crippen LogP contribution < -0.4 is 5.32 Å². The van der Waals surface area contributed by atoms with E-state index in [-0.39, 0.29) is 0 Å². The number of halogens is 1. The van der Waals surface area contributed by atoms with Gasteiger partial charge in [0.25, 0.3) is 0 Å². The van der Waals surface area contributed by atoms with Crippen molar-refractivity contribution in [2.45, 2.75) is 38.1 Å². The molecule has 2 nitrogen and oxygen atoms in total. The minimum Gasteiger partial charge on any atom is -0.311 e. The van der Waals surface area contributed by atoms with E-state index in [1.807, 2.05) is 19.3 Å². The first kappa shape index (κ1) is 12.1. The molecule has 0 saturated heterocycles. The Bertz CT molecular complexity index is 334. The van der Waals surface area contributed by atoms with E-state index in [2.05, 4.69) is 32.3 Å². The molecule has 2 rings (SSSR count). The maximum absolute atomic E-state index is 4.52. The Morgan fingerprint density at radius 2 is 2.12 bits per heavy atom. The molecular formula is C13H19BrN2. The average Bonchev–Trinajstić information content (AvgIpc) is 2.34. The molecule has 1 N–H and O–H groups in total. The molecule has 0 spiro atoms. The summed E-state index contributed by atoms with van der Waals surface area (Å²) < 4.78 is 1.12. The molecule has 0 aliphatic heterocycles. The molecule has 1 aromatic heterocycles. The fourth-order valence-corrected chi connectivity index (χ4v) is 3.19. The van der Waals surface area contributed by atoms with Gasteiger partial charge in [-0.2, -0.15) is 0 Å². The zero-order valence-electron chi connectivity index (χ0n) is 9.75. The lowest BCUT2D eigenvalue weighted by Gasteiger charge is -2.30. The number of pyridine rings is 1. The van der Waals surface area contributed by atoms with Crippen LogP contribution in [0.15, 0.2) is 22.8 Å². The molecule has 1 saturated carbocycles. The van der Waals surface area contributed by atoms with E-state index in [0.29, 0.717) is 6.04 Å². The average molecular weight is 283 g/mol.